The number of fused-ring (bicyclic) bond motifs is 1. The van der Waals surface area contributed by atoms with Gasteiger partial charge in [-0.2, -0.15) is 0 Å². The van der Waals surface area contributed by atoms with Crippen molar-refractivity contribution in [2.75, 3.05) is 7.11 Å². The number of hydrogen-bond donors (Lipinski definition) is 2. The van der Waals surface area contributed by atoms with Crippen molar-refractivity contribution in [2.24, 2.45) is 10.8 Å². The molecule has 0 bridgehead atoms. The van der Waals surface area contributed by atoms with Gasteiger partial charge in [-0.05, 0) is 48.5 Å². The molecule has 1 heterocycles. The maximum atomic E-state index is 12.2. The molecular formula is C18H14ClN3O4. The Kier molecular flexibility index (Phi) is 4.90. The van der Waals surface area contributed by atoms with Crippen LogP contribution in [-0.4, -0.2) is 18.9 Å². The number of primary amides is 1. The fourth-order valence-corrected chi connectivity index (χ4v) is 2.45. The van der Waals surface area contributed by atoms with E-state index in [4.69, 9.17) is 26.5 Å². The Morgan fingerprint density at radius 3 is 2.54 bits per heavy atom. The fraction of sp³-hybridized carbons (Fsp3) is 0.0556. The summed E-state index contributed by atoms with van der Waals surface area (Å²) >= 11 is 5.94. The van der Waals surface area contributed by atoms with Gasteiger partial charge in [-0.3, -0.25) is 9.59 Å². The van der Waals surface area contributed by atoms with E-state index in [9.17, 15) is 9.59 Å². The predicted molar refractivity (Wildman–Crippen MR) is 95.8 cm³/mol. The summed E-state index contributed by atoms with van der Waals surface area (Å²) < 4.78 is 10.6. The molecule has 3 rings (SSSR count). The van der Waals surface area contributed by atoms with E-state index < -0.39 is 11.8 Å². The summed E-state index contributed by atoms with van der Waals surface area (Å²) in [5, 5.41) is 4.96. The molecule has 0 unspecified atom stereocenters. The van der Waals surface area contributed by atoms with Crippen molar-refractivity contribution in [1.82, 2.24) is 5.43 Å². The van der Waals surface area contributed by atoms with Crippen LogP contribution in [0, 0.1) is 0 Å². The summed E-state index contributed by atoms with van der Waals surface area (Å²) in [7, 11) is 1.53. The Morgan fingerprint density at radius 1 is 1.15 bits per heavy atom. The zero-order valence-corrected chi connectivity index (χ0v) is 14.4. The van der Waals surface area contributed by atoms with Gasteiger partial charge in [0.25, 0.3) is 11.8 Å². The quantitative estimate of drug-likeness (QED) is 0.687. The lowest BCUT2D eigenvalue weighted by Crippen LogP contribution is -2.27. The minimum Gasteiger partial charge on any atom is -0.497 e. The van der Waals surface area contributed by atoms with Crippen LogP contribution < -0.4 is 21.5 Å². The Labute approximate surface area is 153 Å². The number of nitrogens with zero attached hydrogens (tertiary/aromatic N) is 1. The number of amides is 2. The number of hydrogen-bond acceptors (Lipinski definition) is 5. The van der Waals surface area contributed by atoms with Crippen LogP contribution >= 0.6 is 11.6 Å². The van der Waals surface area contributed by atoms with Crippen molar-refractivity contribution in [3.8, 4) is 5.75 Å². The molecule has 1 aromatic heterocycles. The van der Waals surface area contributed by atoms with Crippen molar-refractivity contribution in [2.45, 2.75) is 0 Å². The minimum absolute atomic E-state index is 0.0230. The molecule has 0 spiro atoms. The lowest BCUT2D eigenvalue weighted by Gasteiger charge is -2.04. The molecule has 132 valence electrons. The van der Waals surface area contributed by atoms with Crippen LogP contribution in [0.2, 0.25) is 5.02 Å². The summed E-state index contributed by atoms with van der Waals surface area (Å²) in [6.07, 6.45) is 0. The van der Waals surface area contributed by atoms with Gasteiger partial charge in [-0.1, -0.05) is 11.6 Å². The number of methoxy groups -OCH3 is 1. The number of nitrogens with two attached hydrogens (primary N) is 1. The largest absolute Gasteiger partial charge is 0.497 e. The fourth-order valence-electron chi connectivity index (χ4n) is 2.27. The molecule has 0 radical (unpaired) electrons. The first-order chi connectivity index (χ1) is 12.5. The molecule has 0 saturated carbocycles. The van der Waals surface area contributed by atoms with Crippen LogP contribution in [0.3, 0.4) is 0 Å². The van der Waals surface area contributed by atoms with E-state index in [0.717, 1.165) is 0 Å². The first-order valence-corrected chi connectivity index (χ1v) is 7.87. The molecule has 3 aromatic rings. The summed E-state index contributed by atoms with van der Waals surface area (Å²) in [4.78, 5) is 23.9. The SMILES string of the molecule is COc1ccc(C(=O)N/N=c2\oc3ccc(Cl)cc3cc2C(N)=O)cc1. The zero-order valence-electron chi connectivity index (χ0n) is 13.7. The van der Waals surface area contributed by atoms with Crippen LogP contribution in [-0.2, 0) is 0 Å². The molecule has 26 heavy (non-hydrogen) atoms. The summed E-state index contributed by atoms with van der Waals surface area (Å²) in [5.41, 5.74) is 8.44. The van der Waals surface area contributed by atoms with E-state index in [1.165, 1.54) is 13.2 Å². The van der Waals surface area contributed by atoms with Crippen molar-refractivity contribution in [3.63, 3.8) is 0 Å². The van der Waals surface area contributed by atoms with Gasteiger partial charge in [0, 0.05) is 16.0 Å². The lowest BCUT2D eigenvalue weighted by molar-refractivity contribution is 0.0946. The normalized spacial score (nSPS) is 11.4. The maximum Gasteiger partial charge on any atom is 0.271 e. The third-order valence-corrected chi connectivity index (χ3v) is 3.82. The summed E-state index contributed by atoms with van der Waals surface area (Å²) in [5.74, 6) is -0.597. The minimum atomic E-state index is -0.743. The van der Waals surface area contributed by atoms with Gasteiger partial charge in [0.15, 0.2) is 0 Å². The number of carbonyl (C=O) groups excluding carboxylic acids is 2. The van der Waals surface area contributed by atoms with Crippen LogP contribution in [0.4, 0.5) is 0 Å². The molecular weight excluding hydrogens is 358 g/mol. The molecule has 3 N–H and O–H groups in total. The third-order valence-electron chi connectivity index (χ3n) is 3.59. The van der Waals surface area contributed by atoms with Crippen LogP contribution in [0.1, 0.15) is 20.7 Å². The van der Waals surface area contributed by atoms with Crippen molar-refractivity contribution >= 4 is 34.4 Å². The average Bonchev–Trinajstić information content (AvgIpc) is 2.65. The Morgan fingerprint density at radius 2 is 1.88 bits per heavy atom. The highest BCUT2D eigenvalue weighted by Crippen LogP contribution is 2.18. The summed E-state index contributed by atoms with van der Waals surface area (Å²) in [6, 6.07) is 12.9. The smallest absolute Gasteiger partial charge is 0.271 e. The highest BCUT2D eigenvalue weighted by molar-refractivity contribution is 6.31. The van der Waals surface area contributed by atoms with Gasteiger partial charge in [0.2, 0.25) is 5.55 Å². The van der Waals surface area contributed by atoms with E-state index in [2.05, 4.69) is 10.5 Å². The van der Waals surface area contributed by atoms with Crippen LogP contribution in [0.15, 0.2) is 58.0 Å². The van der Waals surface area contributed by atoms with Crippen molar-refractivity contribution < 1.29 is 18.7 Å². The van der Waals surface area contributed by atoms with E-state index in [-0.39, 0.29) is 11.1 Å². The van der Waals surface area contributed by atoms with E-state index in [1.54, 1.807) is 42.5 Å². The monoisotopic (exact) mass is 371 g/mol. The second-order valence-corrected chi connectivity index (χ2v) is 5.73. The Bertz CT molecular complexity index is 1060. The first-order valence-electron chi connectivity index (χ1n) is 7.49. The van der Waals surface area contributed by atoms with Crippen LogP contribution in [0.5, 0.6) is 5.75 Å². The van der Waals surface area contributed by atoms with Gasteiger partial charge < -0.3 is 14.9 Å². The van der Waals surface area contributed by atoms with Gasteiger partial charge in [-0.25, -0.2) is 5.43 Å². The first kappa shape index (κ1) is 17.5. The number of carbonyl (C=O) groups is 2. The topological polar surface area (TPSA) is 107 Å². The molecule has 0 aliphatic heterocycles. The second-order valence-electron chi connectivity index (χ2n) is 5.29. The lowest BCUT2D eigenvalue weighted by atomic mass is 10.2. The van der Waals surface area contributed by atoms with E-state index in [1.807, 2.05) is 0 Å². The van der Waals surface area contributed by atoms with Gasteiger partial charge in [-0.15, -0.1) is 5.10 Å². The van der Waals surface area contributed by atoms with E-state index >= 15 is 0 Å². The zero-order chi connectivity index (χ0) is 18.7. The number of ether oxygens (including phenoxy) is 1. The van der Waals surface area contributed by atoms with Gasteiger partial charge in [0.05, 0.1) is 7.11 Å². The van der Waals surface area contributed by atoms with Gasteiger partial charge in [0.1, 0.15) is 16.9 Å². The Hall–Kier alpha value is -3.32. The molecule has 8 heteroatoms. The second kappa shape index (κ2) is 7.28. The molecule has 0 aliphatic rings. The third kappa shape index (κ3) is 3.68. The number of halogens is 1. The molecule has 2 amide bonds. The molecule has 2 aromatic carbocycles. The maximum absolute atomic E-state index is 12.2. The highest BCUT2D eigenvalue weighted by Gasteiger charge is 2.11. The average molecular weight is 372 g/mol. The number of rotatable bonds is 4. The molecule has 0 fully saturated rings. The van der Waals surface area contributed by atoms with Crippen molar-refractivity contribution in [3.05, 3.63) is 70.2 Å². The standard InChI is InChI=1S/C18H14ClN3O4/c1-25-13-5-2-10(3-6-13)17(24)21-22-18-14(16(20)23)9-11-8-12(19)4-7-15(11)26-18/h2-9H,1H3,(H2,20,23)(H,21,24)/b22-18-. The number of nitrogens with one attached hydrogen (secondary N) is 1. The summed E-state index contributed by atoms with van der Waals surface area (Å²) in [6.45, 7) is 0. The molecule has 0 atom stereocenters. The predicted octanol–water partition coefficient (Wildman–Crippen LogP) is 2.44. The molecule has 0 aliphatic carbocycles. The van der Waals surface area contributed by atoms with E-state index in [0.29, 0.717) is 27.3 Å². The number of benzene rings is 2. The van der Waals surface area contributed by atoms with Gasteiger partial charge >= 0.3 is 0 Å². The highest BCUT2D eigenvalue weighted by atomic mass is 35.5. The molecule has 7 nitrogen and oxygen atoms in total. The van der Waals surface area contributed by atoms with Crippen LogP contribution in [0.25, 0.3) is 11.0 Å². The van der Waals surface area contributed by atoms with Crippen molar-refractivity contribution in [1.29, 1.82) is 0 Å². The molecule has 0 saturated heterocycles. The Balaban J connectivity index is 1.97.